The number of anilines is 1. The summed E-state index contributed by atoms with van der Waals surface area (Å²) in [6, 6.07) is 10.3. The maximum absolute atomic E-state index is 11.7. The third-order valence-corrected chi connectivity index (χ3v) is 6.09. The van der Waals surface area contributed by atoms with Gasteiger partial charge >= 0.3 is 0 Å². The van der Waals surface area contributed by atoms with Crippen LogP contribution in [-0.4, -0.2) is 23.0 Å². The number of hydrogen-bond donors (Lipinski definition) is 1. The highest BCUT2D eigenvalue weighted by Crippen LogP contribution is 2.33. The number of pyridine rings is 1. The van der Waals surface area contributed by atoms with Gasteiger partial charge in [-0.25, -0.2) is 18.4 Å². The largest absolute Gasteiger partial charge is 0.297 e. The Bertz CT molecular complexity index is 1070. The molecule has 7 heteroatoms. The van der Waals surface area contributed by atoms with Crippen molar-refractivity contribution in [2.75, 3.05) is 4.72 Å². The van der Waals surface area contributed by atoms with Gasteiger partial charge in [0.05, 0.1) is 17.4 Å². The molecule has 0 bridgehead atoms. The molecule has 0 spiro atoms. The first-order valence-electron chi connectivity index (χ1n) is 9.14. The number of hydrogen-bond acceptors (Lipinski definition) is 4. The van der Waals surface area contributed by atoms with Gasteiger partial charge in [0.25, 0.3) is 10.0 Å². The van der Waals surface area contributed by atoms with Gasteiger partial charge in [0, 0.05) is 11.1 Å². The molecule has 2 heterocycles. The molecule has 3 aromatic rings. The molecule has 0 aliphatic heterocycles. The minimum atomic E-state index is -3.58. The molecular weight excluding hydrogens is 360 g/mol. The van der Waals surface area contributed by atoms with Crippen LogP contribution in [0.4, 0.5) is 5.69 Å². The molecule has 0 atom stereocenters. The van der Waals surface area contributed by atoms with Gasteiger partial charge in [-0.05, 0) is 42.5 Å². The first-order valence-corrected chi connectivity index (χ1v) is 10.7. The fourth-order valence-corrected chi connectivity index (χ4v) is 4.23. The SMILES string of the molecule is C=CS(=O)(=O)Nc1cnc2ncn(-c3ccc(C4CCCCC4)cc3)c2c1. The number of benzene rings is 1. The van der Waals surface area contributed by atoms with Gasteiger partial charge in [-0.3, -0.25) is 9.29 Å². The third-order valence-electron chi connectivity index (χ3n) is 5.13. The van der Waals surface area contributed by atoms with Crippen molar-refractivity contribution in [3.8, 4) is 5.69 Å². The van der Waals surface area contributed by atoms with E-state index in [-0.39, 0.29) is 0 Å². The van der Waals surface area contributed by atoms with E-state index in [9.17, 15) is 8.42 Å². The van der Waals surface area contributed by atoms with Gasteiger partial charge in [0.1, 0.15) is 6.33 Å². The van der Waals surface area contributed by atoms with Crippen LogP contribution >= 0.6 is 0 Å². The van der Waals surface area contributed by atoms with Gasteiger partial charge in [-0.15, -0.1) is 0 Å². The number of nitrogens with zero attached hydrogens (tertiary/aromatic N) is 3. The zero-order valence-corrected chi connectivity index (χ0v) is 15.8. The third kappa shape index (κ3) is 3.73. The molecule has 140 valence electrons. The van der Waals surface area contributed by atoms with E-state index in [2.05, 4.69) is 45.5 Å². The van der Waals surface area contributed by atoms with Crippen LogP contribution in [0.25, 0.3) is 16.9 Å². The maximum Gasteiger partial charge on any atom is 0.254 e. The van der Waals surface area contributed by atoms with Crippen molar-refractivity contribution < 1.29 is 8.42 Å². The summed E-state index contributed by atoms with van der Waals surface area (Å²) in [4.78, 5) is 8.56. The van der Waals surface area contributed by atoms with Crippen LogP contribution in [0.5, 0.6) is 0 Å². The molecule has 6 nitrogen and oxygen atoms in total. The average Bonchev–Trinajstić information content (AvgIpc) is 3.12. The monoisotopic (exact) mass is 382 g/mol. The van der Waals surface area contributed by atoms with Crippen molar-refractivity contribution in [3.63, 3.8) is 0 Å². The highest BCUT2D eigenvalue weighted by atomic mass is 32.2. The van der Waals surface area contributed by atoms with Crippen molar-refractivity contribution in [2.24, 2.45) is 0 Å². The minimum absolute atomic E-state index is 0.378. The number of rotatable bonds is 5. The van der Waals surface area contributed by atoms with Gasteiger partial charge in [0.15, 0.2) is 5.65 Å². The van der Waals surface area contributed by atoms with Crippen LogP contribution in [-0.2, 0) is 10.0 Å². The first-order chi connectivity index (χ1) is 13.1. The molecule has 1 N–H and O–H groups in total. The number of fused-ring (bicyclic) bond motifs is 1. The van der Waals surface area contributed by atoms with Crippen LogP contribution in [0, 0.1) is 0 Å². The number of imidazole rings is 1. The van der Waals surface area contributed by atoms with E-state index in [1.165, 1.54) is 43.9 Å². The second-order valence-corrected chi connectivity index (χ2v) is 8.55. The average molecular weight is 382 g/mol. The van der Waals surface area contributed by atoms with Crippen LogP contribution in [0.2, 0.25) is 0 Å². The lowest BCUT2D eigenvalue weighted by Gasteiger charge is -2.22. The highest BCUT2D eigenvalue weighted by Gasteiger charge is 2.16. The molecule has 1 fully saturated rings. The van der Waals surface area contributed by atoms with Gasteiger partial charge in [-0.1, -0.05) is 38.0 Å². The minimum Gasteiger partial charge on any atom is -0.297 e. The number of sulfonamides is 1. The summed E-state index contributed by atoms with van der Waals surface area (Å²) in [5.41, 5.74) is 4.04. The Labute approximate surface area is 159 Å². The molecule has 0 amide bonds. The van der Waals surface area contributed by atoms with E-state index in [4.69, 9.17) is 0 Å². The fraction of sp³-hybridized carbons (Fsp3) is 0.300. The number of aromatic nitrogens is 3. The fourth-order valence-electron chi connectivity index (χ4n) is 3.71. The summed E-state index contributed by atoms with van der Waals surface area (Å²) in [6.07, 6.45) is 9.67. The Morgan fingerprint density at radius 3 is 2.56 bits per heavy atom. The van der Waals surface area contributed by atoms with Crippen molar-refractivity contribution in [3.05, 3.63) is 60.4 Å². The van der Waals surface area contributed by atoms with Crippen LogP contribution in [0.1, 0.15) is 43.6 Å². The van der Waals surface area contributed by atoms with E-state index in [0.717, 1.165) is 16.6 Å². The quantitative estimate of drug-likeness (QED) is 0.711. The summed E-state index contributed by atoms with van der Waals surface area (Å²) in [6.45, 7) is 3.30. The zero-order valence-electron chi connectivity index (χ0n) is 15.0. The molecule has 1 saturated carbocycles. The lowest BCUT2D eigenvalue weighted by Crippen LogP contribution is -2.08. The Balaban J connectivity index is 1.65. The molecule has 27 heavy (non-hydrogen) atoms. The van der Waals surface area contributed by atoms with Gasteiger partial charge < -0.3 is 0 Å². The smallest absolute Gasteiger partial charge is 0.254 e. The Hall–Kier alpha value is -2.67. The lowest BCUT2D eigenvalue weighted by molar-refractivity contribution is 0.443. The molecule has 0 saturated heterocycles. The van der Waals surface area contributed by atoms with E-state index < -0.39 is 10.0 Å². The second kappa shape index (κ2) is 7.15. The summed E-state index contributed by atoms with van der Waals surface area (Å²) >= 11 is 0. The molecule has 1 aromatic carbocycles. The standard InChI is InChI=1S/C20H22N4O2S/c1-2-27(25,26)23-17-12-19-20(21-13-17)22-14-24(19)18-10-8-16(9-11-18)15-6-4-3-5-7-15/h2,8-15,23H,1,3-7H2. The summed E-state index contributed by atoms with van der Waals surface area (Å²) in [5, 5.41) is 0.873. The summed E-state index contributed by atoms with van der Waals surface area (Å²) in [5.74, 6) is 0.661. The summed E-state index contributed by atoms with van der Waals surface area (Å²) < 4.78 is 27.8. The maximum atomic E-state index is 11.7. The Morgan fingerprint density at radius 1 is 1.11 bits per heavy atom. The predicted molar refractivity (Wildman–Crippen MR) is 107 cm³/mol. The van der Waals surface area contributed by atoms with Crippen LogP contribution in [0.15, 0.2) is 54.8 Å². The van der Waals surface area contributed by atoms with Crippen molar-refractivity contribution in [1.82, 2.24) is 14.5 Å². The van der Waals surface area contributed by atoms with Crippen LogP contribution in [0.3, 0.4) is 0 Å². The van der Waals surface area contributed by atoms with Gasteiger partial charge in [0.2, 0.25) is 0 Å². The van der Waals surface area contributed by atoms with E-state index in [1.807, 2.05) is 4.57 Å². The van der Waals surface area contributed by atoms with Gasteiger partial charge in [-0.2, -0.15) is 0 Å². The predicted octanol–water partition coefficient (Wildman–Crippen LogP) is 4.35. The zero-order chi connectivity index (χ0) is 18.9. The Kier molecular flexibility index (Phi) is 4.70. The van der Waals surface area contributed by atoms with Crippen LogP contribution < -0.4 is 4.72 Å². The first kappa shape index (κ1) is 17.7. The van der Waals surface area contributed by atoms with E-state index in [1.54, 1.807) is 12.4 Å². The molecular formula is C20H22N4O2S. The molecule has 0 unspecified atom stereocenters. The van der Waals surface area contributed by atoms with Crippen molar-refractivity contribution >= 4 is 26.9 Å². The second-order valence-electron chi connectivity index (χ2n) is 6.92. The normalized spacial score (nSPS) is 15.7. The topological polar surface area (TPSA) is 76.9 Å². The van der Waals surface area contributed by atoms with Crippen molar-refractivity contribution in [2.45, 2.75) is 38.0 Å². The molecule has 2 aromatic heterocycles. The van der Waals surface area contributed by atoms with E-state index >= 15 is 0 Å². The molecule has 1 aliphatic carbocycles. The molecule has 1 aliphatic rings. The highest BCUT2D eigenvalue weighted by molar-refractivity contribution is 7.95. The molecule has 0 radical (unpaired) electrons. The molecule has 4 rings (SSSR count). The van der Waals surface area contributed by atoms with E-state index in [0.29, 0.717) is 17.3 Å². The lowest BCUT2D eigenvalue weighted by atomic mass is 9.84. The number of nitrogens with one attached hydrogen (secondary N) is 1. The summed E-state index contributed by atoms with van der Waals surface area (Å²) in [7, 11) is -3.58. The Morgan fingerprint density at radius 2 is 1.85 bits per heavy atom. The van der Waals surface area contributed by atoms with Crippen molar-refractivity contribution in [1.29, 1.82) is 0 Å².